The summed E-state index contributed by atoms with van der Waals surface area (Å²) in [5.74, 6) is 6.78. The second kappa shape index (κ2) is 4.62. The average molecular weight is 270 g/mol. The summed E-state index contributed by atoms with van der Waals surface area (Å²) in [6.07, 6.45) is 5.82. The standard InChI is InChI=1S/C19H26O/c1-14(2)19(6)12-11-18(19,5)10-8-15-7-9-17(3,4)13-16(15)20/h7H,1,9,11-13H2,2-6H3/t18-,19+/m1/s1. The van der Waals surface area contributed by atoms with Gasteiger partial charge in [0.15, 0.2) is 5.78 Å². The average Bonchev–Trinajstić information content (AvgIpc) is 2.34. The fourth-order valence-corrected chi connectivity index (χ4v) is 3.18. The number of Topliss-reactive ketones (excluding diaryl/α,β-unsaturated/α-hetero) is 1. The molecule has 0 bridgehead atoms. The van der Waals surface area contributed by atoms with Gasteiger partial charge in [0.05, 0.1) is 5.57 Å². The van der Waals surface area contributed by atoms with E-state index >= 15 is 0 Å². The maximum atomic E-state index is 12.1. The first-order valence-electron chi connectivity index (χ1n) is 7.52. The molecule has 20 heavy (non-hydrogen) atoms. The van der Waals surface area contributed by atoms with E-state index in [0.29, 0.717) is 6.42 Å². The fourth-order valence-electron chi connectivity index (χ4n) is 3.18. The third-order valence-electron chi connectivity index (χ3n) is 5.56. The highest BCUT2D eigenvalue weighted by Crippen LogP contribution is 2.59. The summed E-state index contributed by atoms with van der Waals surface area (Å²) in [6, 6.07) is 0. The fraction of sp³-hybridized carbons (Fsp3) is 0.632. The Morgan fingerprint density at radius 2 is 1.90 bits per heavy atom. The molecule has 2 aliphatic rings. The van der Waals surface area contributed by atoms with Gasteiger partial charge in [-0.25, -0.2) is 0 Å². The highest BCUT2D eigenvalue weighted by atomic mass is 16.1. The zero-order chi connectivity index (χ0) is 15.2. The Hall–Kier alpha value is -1.29. The van der Waals surface area contributed by atoms with Crippen LogP contribution in [0, 0.1) is 28.1 Å². The van der Waals surface area contributed by atoms with E-state index < -0.39 is 0 Å². The Morgan fingerprint density at radius 1 is 1.25 bits per heavy atom. The molecule has 0 unspecified atom stereocenters. The second-order valence-corrected chi connectivity index (χ2v) is 7.78. The van der Waals surface area contributed by atoms with Crippen molar-refractivity contribution in [2.45, 2.75) is 60.3 Å². The van der Waals surface area contributed by atoms with Gasteiger partial charge in [-0.05, 0) is 38.5 Å². The van der Waals surface area contributed by atoms with Gasteiger partial charge in [-0.15, -0.1) is 0 Å². The van der Waals surface area contributed by atoms with Gasteiger partial charge < -0.3 is 0 Å². The van der Waals surface area contributed by atoms with Crippen molar-refractivity contribution in [2.24, 2.45) is 16.2 Å². The molecule has 0 spiro atoms. The van der Waals surface area contributed by atoms with E-state index in [0.717, 1.165) is 24.8 Å². The maximum Gasteiger partial charge on any atom is 0.171 e. The van der Waals surface area contributed by atoms with E-state index in [1.807, 2.05) is 6.08 Å². The van der Waals surface area contributed by atoms with Gasteiger partial charge in [-0.2, -0.15) is 0 Å². The molecule has 1 nitrogen and oxygen atoms in total. The SMILES string of the molecule is C=C(C)[C@]1(C)CC[C@@]1(C)C#CC1=CCC(C)(C)CC1=O. The van der Waals surface area contributed by atoms with Gasteiger partial charge in [0, 0.05) is 17.3 Å². The van der Waals surface area contributed by atoms with Crippen molar-refractivity contribution in [3.8, 4) is 11.8 Å². The Morgan fingerprint density at radius 3 is 2.35 bits per heavy atom. The van der Waals surface area contributed by atoms with E-state index in [1.165, 1.54) is 5.57 Å². The first-order chi connectivity index (χ1) is 9.10. The maximum absolute atomic E-state index is 12.1. The van der Waals surface area contributed by atoms with Crippen LogP contribution < -0.4 is 0 Å². The third kappa shape index (κ3) is 2.37. The van der Waals surface area contributed by atoms with Gasteiger partial charge in [-0.1, -0.05) is 50.8 Å². The van der Waals surface area contributed by atoms with Crippen LogP contribution in [0.1, 0.15) is 60.3 Å². The summed E-state index contributed by atoms with van der Waals surface area (Å²) in [7, 11) is 0. The summed E-state index contributed by atoms with van der Waals surface area (Å²) >= 11 is 0. The normalized spacial score (nSPS) is 35.5. The van der Waals surface area contributed by atoms with E-state index in [-0.39, 0.29) is 22.0 Å². The molecule has 0 saturated heterocycles. The number of rotatable bonds is 1. The minimum Gasteiger partial charge on any atom is -0.293 e. The minimum absolute atomic E-state index is 0.0348. The van der Waals surface area contributed by atoms with Crippen molar-refractivity contribution < 1.29 is 4.79 Å². The topological polar surface area (TPSA) is 17.1 Å². The van der Waals surface area contributed by atoms with Crippen LogP contribution in [0.15, 0.2) is 23.8 Å². The number of carbonyl (C=O) groups is 1. The van der Waals surface area contributed by atoms with Crippen molar-refractivity contribution in [3.63, 3.8) is 0 Å². The van der Waals surface area contributed by atoms with Gasteiger partial charge in [0.2, 0.25) is 0 Å². The van der Waals surface area contributed by atoms with Crippen LogP contribution in [-0.4, -0.2) is 5.78 Å². The Kier molecular flexibility index (Phi) is 3.49. The van der Waals surface area contributed by atoms with Crippen molar-refractivity contribution in [3.05, 3.63) is 23.8 Å². The first kappa shape index (κ1) is 15.1. The molecule has 0 radical (unpaired) electrons. The molecule has 0 amide bonds. The lowest BCUT2D eigenvalue weighted by Crippen LogP contribution is -2.47. The predicted octanol–water partition coefficient (Wildman–Crippen LogP) is 4.69. The minimum atomic E-state index is -0.0348. The highest BCUT2D eigenvalue weighted by Gasteiger charge is 2.52. The van der Waals surface area contributed by atoms with Crippen LogP contribution in [0.4, 0.5) is 0 Å². The quantitative estimate of drug-likeness (QED) is 0.499. The van der Waals surface area contributed by atoms with Crippen LogP contribution in [0.25, 0.3) is 0 Å². The van der Waals surface area contributed by atoms with Crippen LogP contribution >= 0.6 is 0 Å². The molecule has 0 N–H and O–H groups in total. The molecule has 0 aromatic heterocycles. The number of ketones is 1. The molecule has 108 valence electrons. The largest absolute Gasteiger partial charge is 0.293 e. The lowest BCUT2D eigenvalue weighted by molar-refractivity contribution is -0.117. The highest BCUT2D eigenvalue weighted by molar-refractivity contribution is 6.00. The second-order valence-electron chi connectivity index (χ2n) is 7.78. The molecule has 0 aromatic carbocycles. The molecule has 2 atom stereocenters. The number of hydrogen-bond donors (Lipinski definition) is 0. The molecular formula is C19H26O. The Balaban J connectivity index is 2.22. The van der Waals surface area contributed by atoms with Crippen LogP contribution in [-0.2, 0) is 4.79 Å². The van der Waals surface area contributed by atoms with E-state index in [2.05, 4.69) is 53.0 Å². The lowest BCUT2D eigenvalue weighted by Gasteiger charge is -2.54. The van der Waals surface area contributed by atoms with Crippen molar-refractivity contribution in [2.75, 3.05) is 0 Å². The summed E-state index contributed by atoms with van der Waals surface area (Å²) < 4.78 is 0. The van der Waals surface area contributed by atoms with E-state index in [4.69, 9.17) is 0 Å². The van der Waals surface area contributed by atoms with Crippen molar-refractivity contribution in [1.29, 1.82) is 0 Å². The van der Waals surface area contributed by atoms with Crippen LogP contribution in [0.2, 0.25) is 0 Å². The smallest absolute Gasteiger partial charge is 0.171 e. The van der Waals surface area contributed by atoms with Gasteiger partial charge >= 0.3 is 0 Å². The number of carbonyl (C=O) groups excluding carboxylic acids is 1. The first-order valence-corrected chi connectivity index (χ1v) is 7.52. The van der Waals surface area contributed by atoms with Gasteiger partial charge in [0.1, 0.15) is 0 Å². The van der Waals surface area contributed by atoms with E-state index in [9.17, 15) is 4.79 Å². The summed E-state index contributed by atoms with van der Waals surface area (Å²) in [5, 5.41) is 0. The molecule has 2 aliphatic carbocycles. The molecular weight excluding hydrogens is 244 g/mol. The number of allylic oxidation sites excluding steroid dienone is 3. The molecule has 0 heterocycles. The molecule has 0 aromatic rings. The monoisotopic (exact) mass is 270 g/mol. The lowest BCUT2D eigenvalue weighted by atomic mass is 9.49. The van der Waals surface area contributed by atoms with Crippen LogP contribution in [0.5, 0.6) is 0 Å². The summed E-state index contributed by atoms with van der Waals surface area (Å²) in [5.41, 5.74) is 2.08. The number of hydrogen-bond acceptors (Lipinski definition) is 1. The van der Waals surface area contributed by atoms with Gasteiger partial charge in [0.25, 0.3) is 0 Å². The molecule has 0 aliphatic heterocycles. The Bertz CT molecular complexity index is 552. The Labute approximate surface area is 123 Å². The third-order valence-corrected chi connectivity index (χ3v) is 5.56. The molecule has 1 fully saturated rings. The zero-order valence-corrected chi connectivity index (χ0v) is 13.5. The van der Waals surface area contributed by atoms with Gasteiger partial charge in [-0.3, -0.25) is 4.79 Å². The zero-order valence-electron chi connectivity index (χ0n) is 13.5. The summed E-state index contributed by atoms with van der Waals surface area (Å²) in [6.45, 7) is 14.9. The van der Waals surface area contributed by atoms with E-state index in [1.54, 1.807) is 0 Å². The molecule has 1 saturated carbocycles. The predicted molar refractivity (Wildman–Crippen MR) is 84.1 cm³/mol. The molecule has 1 heteroatoms. The van der Waals surface area contributed by atoms with Crippen molar-refractivity contribution in [1.82, 2.24) is 0 Å². The summed E-state index contributed by atoms with van der Waals surface area (Å²) in [4.78, 5) is 12.1. The van der Waals surface area contributed by atoms with Crippen molar-refractivity contribution >= 4 is 5.78 Å². The molecule has 2 rings (SSSR count). The van der Waals surface area contributed by atoms with Crippen LogP contribution in [0.3, 0.4) is 0 Å².